The van der Waals surface area contributed by atoms with E-state index in [1.54, 1.807) is 0 Å². The van der Waals surface area contributed by atoms with E-state index in [0.29, 0.717) is 0 Å². The van der Waals surface area contributed by atoms with Crippen molar-refractivity contribution in [2.24, 2.45) is 0 Å². The molecule has 1 heterocycles. The van der Waals surface area contributed by atoms with Gasteiger partial charge in [-0.2, -0.15) is 0 Å². The van der Waals surface area contributed by atoms with Gasteiger partial charge in [0.2, 0.25) is 0 Å². The predicted molar refractivity (Wildman–Crippen MR) is 88.8 cm³/mol. The second kappa shape index (κ2) is 8.40. The Balaban J connectivity index is 1.92. The molecule has 1 N–H and O–H groups in total. The Labute approximate surface area is 129 Å². The maximum Gasteiger partial charge on any atom is 0.119 e. The minimum atomic E-state index is 0.240. The van der Waals surface area contributed by atoms with Crippen LogP contribution in [0.4, 0.5) is 0 Å². The van der Waals surface area contributed by atoms with Crippen molar-refractivity contribution in [1.29, 1.82) is 0 Å². The van der Waals surface area contributed by atoms with Crippen molar-refractivity contribution in [2.45, 2.75) is 58.2 Å². The highest BCUT2D eigenvalue weighted by Crippen LogP contribution is 2.22. The molecule has 1 fully saturated rings. The van der Waals surface area contributed by atoms with Gasteiger partial charge in [0.15, 0.2) is 0 Å². The van der Waals surface area contributed by atoms with E-state index in [2.05, 4.69) is 48.3 Å². The molecule has 1 aliphatic heterocycles. The molecule has 1 atom stereocenters. The number of nitrogens with one attached hydrogen (secondary N) is 1. The van der Waals surface area contributed by atoms with Crippen LogP contribution in [0.2, 0.25) is 0 Å². The minimum Gasteiger partial charge on any atom is -0.491 e. The third kappa shape index (κ3) is 5.33. The average Bonchev–Trinajstić information content (AvgIpc) is 2.48. The molecule has 2 rings (SSSR count). The lowest BCUT2D eigenvalue weighted by Gasteiger charge is -2.36. The summed E-state index contributed by atoms with van der Waals surface area (Å²) >= 11 is 0. The van der Waals surface area contributed by atoms with Gasteiger partial charge in [-0.3, -0.25) is 4.90 Å². The Bertz CT molecular complexity index is 402. The van der Waals surface area contributed by atoms with Gasteiger partial charge in [0, 0.05) is 12.6 Å². The highest BCUT2D eigenvalue weighted by atomic mass is 16.5. The zero-order valence-corrected chi connectivity index (χ0v) is 13.8. The van der Waals surface area contributed by atoms with Crippen LogP contribution in [0.15, 0.2) is 24.3 Å². The van der Waals surface area contributed by atoms with Gasteiger partial charge in [0.05, 0.1) is 6.10 Å². The van der Waals surface area contributed by atoms with E-state index in [1.807, 2.05) is 7.05 Å². The lowest BCUT2D eigenvalue weighted by molar-refractivity contribution is 0.132. The van der Waals surface area contributed by atoms with Gasteiger partial charge in [0.25, 0.3) is 0 Å². The Morgan fingerprint density at radius 1 is 1.24 bits per heavy atom. The van der Waals surface area contributed by atoms with Crippen LogP contribution < -0.4 is 10.1 Å². The first-order valence-electron chi connectivity index (χ1n) is 8.33. The topological polar surface area (TPSA) is 24.5 Å². The van der Waals surface area contributed by atoms with Crippen molar-refractivity contribution in [2.75, 3.05) is 20.1 Å². The Hall–Kier alpha value is -1.06. The van der Waals surface area contributed by atoms with Crippen LogP contribution in [0.3, 0.4) is 0 Å². The molecular weight excluding hydrogens is 260 g/mol. The average molecular weight is 290 g/mol. The molecule has 0 saturated carbocycles. The summed E-state index contributed by atoms with van der Waals surface area (Å²) in [4.78, 5) is 2.65. The van der Waals surface area contributed by atoms with Gasteiger partial charge in [-0.15, -0.1) is 0 Å². The lowest BCUT2D eigenvalue weighted by Crippen LogP contribution is -2.40. The third-order valence-corrected chi connectivity index (χ3v) is 4.16. The first kappa shape index (κ1) is 16.3. The Morgan fingerprint density at radius 3 is 2.67 bits per heavy atom. The fourth-order valence-electron chi connectivity index (χ4n) is 3.09. The van der Waals surface area contributed by atoms with E-state index >= 15 is 0 Å². The smallest absolute Gasteiger partial charge is 0.119 e. The van der Waals surface area contributed by atoms with Crippen LogP contribution in [-0.2, 0) is 6.54 Å². The lowest BCUT2D eigenvalue weighted by atomic mass is 9.98. The van der Waals surface area contributed by atoms with Crippen LogP contribution >= 0.6 is 0 Å². The molecule has 1 unspecified atom stereocenters. The van der Waals surface area contributed by atoms with E-state index in [0.717, 1.165) is 24.9 Å². The zero-order chi connectivity index (χ0) is 15.1. The van der Waals surface area contributed by atoms with Crippen molar-refractivity contribution in [3.8, 4) is 5.75 Å². The molecule has 3 nitrogen and oxygen atoms in total. The first-order valence-corrected chi connectivity index (χ1v) is 8.33. The van der Waals surface area contributed by atoms with Crippen molar-refractivity contribution in [3.63, 3.8) is 0 Å². The molecule has 118 valence electrons. The van der Waals surface area contributed by atoms with Gasteiger partial charge in [-0.05, 0) is 70.9 Å². The standard InChI is InChI=1S/C18H30N2O/c1-15(2)21-18-9-7-16(8-10-18)14-20-13-5-4-6-17(20)11-12-19-3/h7-10,15,17,19H,4-6,11-14H2,1-3H3. The summed E-state index contributed by atoms with van der Waals surface area (Å²) in [7, 11) is 2.04. The molecule has 1 aliphatic rings. The molecule has 1 aromatic carbocycles. The van der Waals surface area contributed by atoms with Crippen molar-refractivity contribution in [1.82, 2.24) is 10.2 Å². The Kier molecular flexibility index (Phi) is 6.52. The summed E-state index contributed by atoms with van der Waals surface area (Å²) in [5.41, 5.74) is 1.39. The molecule has 0 amide bonds. The van der Waals surface area contributed by atoms with E-state index in [9.17, 15) is 0 Å². The van der Waals surface area contributed by atoms with Gasteiger partial charge in [-0.1, -0.05) is 18.6 Å². The van der Waals surface area contributed by atoms with E-state index in [4.69, 9.17) is 4.74 Å². The zero-order valence-electron chi connectivity index (χ0n) is 13.8. The molecule has 0 aromatic heterocycles. The molecule has 1 aromatic rings. The van der Waals surface area contributed by atoms with Crippen molar-refractivity contribution in [3.05, 3.63) is 29.8 Å². The fourth-order valence-corrected chi connectivity index (χ4v) is 3.09. The summed E-state index contributed by atoms with van der Waals surface area (Å²) in [6, 6.07) is 9.35. The SMILES string of the molecule is CNCCC1CCCCN1Cc1ccc(OC(C)C)cc1. The quantitative estimate of drug-likeness (QED) is 0.832. The monoisotopic (exact) mass is 290 g/mol. The molecule has 3 heteroatoms. The highest BCUT2D eigenvalue weighted by Gasteiger charge is 2.21. The maximum atomic E-state index is 5.71. The number of benzene rings is 1. The molecule has 21 heavy (non-hydrogen) atoms. The number of nitrogens with zero attached hydrogens (tertiary/aromatic N) is 1. The predicted octanol–water partition coefficient (Wildman–Crippen LogP) is 3.44. The van der Waals surface area contributed by atoms with Crippen molar-refractivity contribution >= 4 is 0 Å². The van der Waals surface area contributed by atoms with Crippen LogP contribution in [0, 0.1) is 0 Å². The summed E-state index contributed by atoms with van der Waals surface area (Å²) in [5.74, 6) is 0.971. The van der Waals surface area contributed by atoms with E-state index in [1.165, 1.54) is 37.8 Å². The second-order valence-corrected chi connectivity index (χ2v) is 6.32. The number of hydrogen-bond acceptors (Lipinski definition) is 3. The third-order valence-electron chi connectivity index (χ3n) is 4.16. The number of likely N-dealkylation sites (tertiary alicyclic amines) is 1. The molecule has 0 aliphatic carbocycles. The number of piperidine rings is 1. The van der Waals surface area contributed by atoms with Gasteiger partial charge < -0.3 is 10.1 Å². The summed E-state index contributed by atoms with van der Waals surface area (Å²) in [5, 5.41) is 3.28. The van der Waals surface area contributed by atoms with Gasteiger partial charge >= 0.3 is 0 Å². The number of hydrogen-bond donors (Lipinski definition) is 1. The van der Waals surface area contributed by atoms with Gasteiger partial charge in [-0.25, -0.2) is 0 Å². The largest absolute Gasteiger partial charge is 0.491 e. The molecule has 0 spiro atoms. The van der Waals surface area contributed by atoms with Crippen LogP contribution in [0.5, 0.6) is 5.75 Å². The number of ether oxygens (including phenoxy) is 1. The normalized spacial score (nSPS) is 19.9. The Morgan fingerprint density at radius 2 is 2.00 bits per heavy atom. The fraction of sp³-hybridized carbons (Fsp3) is 0.667. The second-order valence-electron chi connectivity index (χ2n) is 6.32. The first-order chi connectivity index (χ1) is 10.2. The number of rotatable bonds is 7. The summed E-state index contributed by atoms with van der Waals surface area (Å²) in [6.45, 7) is 7.54. The van der Waals surface area contributed by atoms with Gasteiger partial charge in [0.1, 0.15) is 5.75 Å². The maximum absolute atomic E-state index is 5.71. The summed E-state index contributed by atoms with van der Waals surface area (Å²) in [6.07, 6.45) is 5.56. The summed E-state index contributed by atoms with van der Waals surface area (Å²) < 4.78 is 5.71. The molecule has 1 saturated heterocycles. The highest BCUT2D eigenvalue weighted by molar-refractivity contribution is 5.27. The molecule has 0 bridgehead atoms. The van der Waals surface area contributed by atoms with Crippen LogP contribution in [0.1, 0.15) is 45.1 Å². The molecule has 0 radical (unpaired) electrons. The van der Waals surface area contributed by atoms with Crippen LogP contribution in [-0.4, -0.2) is 37.2 Å². The van der Waals surface area contributed by atoms with Crippen molar-refractivity contribution < 1.29 is 4.74 Å². The minimum absolute atomic E-state index is 0.240. The van der Waals surface area contributed by atoms with Crippen LogP contribution in [0.25, 0.3) is 0 Å². The molecular formula is C18H30N2O. The van der Waals surface area contributed by atoms with E-state index in [-0.39, 0.29) is 6.10 Å². The van der Waals surface area contributed by atoms with E-state index < -0.39 is 0 Å².